The van der Waals surface area contributed by atoms with Gasteiger partial charge in [-0.15, -0.1) is 11.3 Å². The fraction of sp³-hybridized carbons (Fsp3) is 0.167. The Bertz CT molecular complexity index is 565. The second-order valence-electron chi connectivity index (χ2n) is 3.50. The van der Waals surface area contributed by atoms with Crippen LogP contribution in [0.15, 0.2) is 28.2 Å². The summed E-state index contributed by atoms with van der Waals surface area (Å²) in [5.41, 5.74) is 4.12. The van der Waals surface area contributed by atoms with E-state index in [4.69, 9.17) is 4.74 Å². The fourth-order valence-corrected chi connectivity index (χ4v) is 3.12. The lowest BCUT2D eigenvalue weighted by Crippen LogP contribution is -2.03. The van der Waals surface area contributed by atoms with E-state index in [1.165, 1.54) is 18.4 Å². The summed E-state index contributed by atoms with van der Waals surface area (Å²) >= 11 is 4.92. The van der Waals surface area contributed by atoms with Gasteiger partial charge in [0.1, 0.15) is 0 Å². The van der Waals surface area contributed by atoms with Gasteiger partial charge in [-0.2, -0.15) is 0 Å². The molecule has 0 aliphatic rings. The Balaban J connectivity index is 2.53. The van der Waals surface area contributed by atoms with Crippen molar-refractivity contribution in [3.63, 3.8) is 0 Å². The van der Waals surface area contributed by atoms with Crippen molar-refractivity contribution >= 4 is 33.2 Å². The minimum atomic E-state index is -0.409. The van der Waals surface area contributed by atoms with Crippen molar-refractivity contribution < 1.29 is 9.53 Å². The molecule has 0 saturated carbocycles. The smallest absolute Gasteiger partial charge is 0.358 e. The Morgan fingerprint density at radius 1 is 1.47 bits per heavy atom. The summed E-state index contributed by atoms with van der Waals surface area (Å²) in [6, 6.07) is 5.98. The molecule has 0 N–H and O–H groups in total. The highest BCUT2D eigenvalue weighted by molar-refractivity contribution is 9.10. The van der Waals surface area contributed by atoms with Crippen molar-refractivity contribution in [3.05, 3.63) is 39.4 Å². The summed E-state index contributed by atoms with van der Waals surface area (Å²) in [7, 11) is 1.36. The molecule has 0 amide bonds. The molecule has 2 aromatic rings. The number of esters is 1. The van der Waals surface area contributed by atoms with Crippen LogP contribution in [0.25, 0.3) is 10.4 Å². The third-order valence-corrected chi connectivity index (χ3v) is 3.83. The zero-order valence-corrected chi connectivity index (χ0v) is 11.8. The Morgan fingerprint density at radius 3 is 2.88 bits per heavy atom. The maximum absolute atomic E-state index is 11.6. The predicted octanol–water partition coefficient (Wildman–Crippen LogP) is 3.67. The van der Waals surface area contributed by atoms with Gasteiger partial charge in [0.25, 0.3) is 0 Å². The van der Waals surface area contributed by atoms with Crippen molar-refractivity contribution in [1.82, 2.24) is 4.98 Å². The summed E-state index contributed by atoms with van der Waals surface area (Å²) < 4.78 is 5.66. The van der Waals surface area contributed by atoms with Gasteiger partial charge in [-0.3, -0.25) is 0 Å². The highest BCUT2D eigenvalue weighted by Crippen LogP contribution is 2.34. The first-order valence-electron chi connectivity index (χ1n) is 4.92. The van der Waals surface area contributed by atoms with Crippen molar-refractivity contribution in [1.29, 1.82) is 0 Å². The first-order chi connectivity index (χ1) is 8.13. The molecule has 2 rings (SSSR count). The molecule has 0 saturated heterocycles. The van der Waals surface area contributed by atoms with E-state index >= 15 is 0 Å². The van der Waals surface area contributed by atoms with Crippen LogP contribution < -0.4 is 0 Å². The molecule has 0 fully saturated rings. The van der Waals surface area contributed by atoms with E-state index < -0.39 is 5.97 Å². The molecule has 1 aromatic carbocycles. The number of ether oxygens (including phenoxy) is 1. The number of aromatic nitrogens is 1. The van der Waals surface area contributed by atoms with Gasteiger partial charge in [-0.25, -0.2) is 9.78 Å². The van der Waals surface area contributed by atoms with Crippen LogP contribution in [-0.2, 0) is 4.74 Å². The number of carbonyl (C=O) groups excluding carboxylic acids is 1. The number of carbonyl (C=O) groups is 1. The average Bonchev–Trinajstić information content (AvgIpc) is 2.77. The summed E-state index contributed by atoms with van der Waals surface area (Å²) in [5, 5.41) is 0. The number of rotatable bonds is 2. The number of benzene rings is 1. The lowest BCUT2D eigenvalue weighted by molar-refractivity contribution is 0.0596. The van der Waals surface area contributed by atoms with E-state index in [0.29, 0.717) is 5.69 Å². The van der Waals surface area contributed by atoms with E-state index in [2.05, 4.69) is 20.9 Å². The number of aryl methyl sites for hydroxylation is 1. The Hall–Kier alpha value is -1.20. The van der Waals surface area contributed by atoms with Crippen molar-refractivity contribution in [2.45, 2.75) is 6.92 Å². The standard InChI is InChI=1S/C12H10BrNO2S/c1-7-3-4-8(9(13)5-7)11-10(12(15)16-2)14-6-17-11/h3-6H,1-2H3. The lowest BCUT2D eigenvalue weighted by Gasteiger charge is -2.04. The van der Waals surface area contributed by atoms with Crippen LogP contribution in [0.3, 0.4) is 0 Å². The maximum Gasteiger partial charge on any atom is 0.358 e. The minimum absolute atomic E-state index is 0.363. The summed E-state index contributed by atoms with van der Waals surface area (Å²) in [5.74, 6) is -0.409. The summed E-state index contributed by atoms with van der Waals surface area (Å²) in [6.45, 7) is 2.02. The van der Waals surface area contributed by atoms with Crippen LogP contribution in [0.1, 0.15) is 16.1 Å². The largest absolute Gasteiger partial charge is 0.464 e. The van der Waals surface area contributed by atoms with Crippen LogP contribution >= 0.6 is 27.3 Å². The molecule has 17 heavy (non-hydrogen) atoms. The second-order valence-corrected chi connectivity index (χ2v) is 5.21. The second kappa shape index (κ2) is 4.98. The molecule has 88 valence electrons. The van der Waals surface area contributed by atoms with E-state index in [-0.39, 0.29) is 0 Å². The van der Waals surface area contributed by atoms with Crippen molar-refractivity contribution in [2.24, 2.45) is 0 Å². The average molecular weight is 312 g/mol. The normalized spacial score (nSPS) is 10.3. The van der Waals surface area contributed by atoms with E-state index in [1.54, 1.807) is 5.51 Å². The van der Waals surface area contributed by atoms with Gasteiger partial charge in [0, 0.05) is 10.0 Å². The van der Waals surface area contributed by atoms with Gasteiger partial charge < -0.3 is 4.74 Å². The van der Waals surface area contributed by atoms with Gasteiger partial charge in [-0.1, -0.05) is 28.1 Å². The van der Waals surface area contributed by atoms with Gasteiger partial charge in [-0.05, 0) is 18.6 Å². The monoisotopic (exact) mass is 311 g/mol. The van der Waals surface area contributed by atoms with Crippen LogP contribution in [0.2, 0.25) is 0 Å². The minimum Gasteiger partial charge on any atom is -0.464 e. The van der Waals surface area contributed by atoms with Crippen LogP contribution in [0.5, 0.6) is 0 Å². The van der Waals surface area contributed by atoms with Gasteiger partial charge >= 0.3 is 5.97 Å². The molecule has 0 aliphatic heterocycles. The molecule has 3 nitrogen and oxygen atoms in total. The molecule has 1 heterocycles. The van der Waals surface area contributed by atoms with Crippen LogP contribution in [0, 0.1) is 6.92 Å². The Labute approximate surface area is 112 Å². The first kappa shape index (κ1) is 12.3. The molecule has 0 atom stereocenters. The molecule has 5 heteroatoms. The predicted molar refractivity (Wildman–Crippen MR) is 71.3 cm³/mol. The van der Waals surface area contributed by atoms with Crippen LogP contribution in [-0.4, -0.2) is 18.1 Å². The first-order valence-corrected chi connectivity index (χ1v) is 6.59. The number of hydrogen-bond acceptors (Lipinski definition) is 4. The number of thiazole rings is 1. The number of hydrogen-bond donors (Lipinski definition) is 0. The topological polar surface area (TPSA) is 39.2 Å². The van der Waals surface area contributed by atoms with Crippen molar-refractivity contribution in [3.8, 4) is 10.4 Å². The zero-order chi connectivity index (χ0) is 12.4. The highest BCUT2D eigenvalue weighted by atomic mass is 79.9. The molecule has 1 aromatic heterocycles. The van der Waals surface area contributed by atoms with Gasteiger partial charge in [0.2, 0.25) is 0 Å². The number of methoxy groups -OCH3 is 1. The summed E-state index contributed by atoms with van der Waals surface area (Å²) in [4.78, 5) is 16.4. The van der Waals surface area contributed by atoms with Crippen LogP contribution in [0.4, 0.5) is 0 Å². The molecular formula is C12H10BrNO2S. The van der Waals surface area contributed by atoms with Gasteiger partial charge in [0.05, 0.1) is 17.5 Å². The Kier molecular flexibility index (Phi) is 3.59. The van der Waals surface area contributed by atoms with E-state index in [9.17, 15) is 4.79 Å². The number of halogens is 1. The number of nitrogens with zero attached hydrogens (tertiary/aromatic N) is 1. The third kappa shape index (κ3) is 2.40. The van der Waals surface area contributed by atoms with E-state index in [0.717, 1.165) is 20.5 Å². The molecule has 0 bridgehead atoms. The molecule has 0 spiro atoms. The molecule has 0 aliphatic carbocycles. The molecule has 0 radical (unpaired) electrons. The van der Waals surface area contributed by atoms with E-state index in [1.807, 2.05) is 25.1 Å². The molecule has 0 unspecified atom stereocenters. The van der Waals surface area contributed by atoms with Gasteiger partial charge in [0.15, 0.2) is 5.69 Å². The van der Waals surface area contributed by atoms with Crippen molar-refractivity contribution in [2.75, 3.05) is 7.11 Å². The quantitative estimate of drug-likeness (QED) is 0.794. The SMILES string of the molecule is COC(=O)c1ncsc1-c1ccc(C)cc1Br. The summed E-state index contributed by atoms with van der Waals surface area (Å²) in [6.07, 6.45) is 0. The third-order valence-electron chi connectivity index (χ3n) is 2.32. The maximum atomic E-state index is 11.6. The fourth-order valence-electron chi connectivity index (χ4n) is 1.48. The molecular weight excluding hydrogens is 302 g/mol. The Morgan fingerprint density at radius 2 is 2.24 bits per heavy atom. The highest BCUT2D eigenvalue weighted by Gasteiger charge is 2.18. The lowest BCUT2D eigenvalue weighted by atomic mass is 10.1. The zero-order valence-electron chi connectivity index (χ0n) is 9.36.